The van der Waals surface area contributed by atoms with Gasteiger partial charge in [0.15, 0.2) is 0 Å². The summed E-state index contributed by atoms with van der Waals surface area (Å²) in [5.74, 6) is 0.0457. The van der Waals surface area contributed by atoms with Gasteiger partial charge in [-0.1, -0.05) is 55.1 Å². The molecule has 1 saturated carbocycles. The predicted molar refractivity (Wildman–Crippen MR) is 133 cm³/mol. The number of carbonyl (C=O) groups excluding carboxylic acids is 2. The lowest BCUT2D eigenvalue weighted by Gasteiger charge is -2.33. The molecule has 2 amide bonds. The van der Waals surface area contributed by atoms with Crippen molar-refractivity contribution in [2.45, 2.75) is 44.2 Å². The highest BCUT2D eigenvalue weighted by Gasteiger charge is 2.35. The summed E-state index contributed by atoms with van der Waals surface area (Å²) in [6.45, 7) is 0. The predicted octanol–water partition coefficient (Wildman–Crippen LogP) is 5.58. The molecule has 2 aromatic carbocycles. The lowest BCUT2D eigenvalue weighted by atomic mass is 9.94. The molecule has 0 aliphatic heterocycles. The van der Waals surface area contributed by atoms with Crippen LogP contribution in [0.2, 0.25) is 5.02 Å². The van der Waals surface area contributed by atoms with Crippen LogP contribution < -0.4 is 15.0 Å². The van der Waals surface area contributed by atoms with Crippen molar-refractivity contribution < 1.29 is 14.3 Å². The number of hydrogen-bond donors (Lipinski definition) is 1. The first-order valence-corrected chi connectivity index (χ1v) is 11.9. The van der Waals surface area contributed by atoms with Crippen molar-refractivity contribution in [3.05, 3.63) is 89.2 Å². The molecule has 0 radical (unpaired) electrons. The number of carbonyl (C=O) groups is 2. The number of amides is 2. The minimum absolute atomic E-state index is 0.0909. The van der Waals surface area contributed by atoms with Gasteiger partial charge < -0.3 is 10.1 Å². The molecule has 34 heavy (non-hydrogen) atoms. The number of ether oxygens (including phenoxy) is 1. The summed E-state index contributed by atoms with van der Waals surface area (Å²) in [5, 5.41) is 3.67. The van der Waals surface area contributed by atoms with E-state index in [1.54, 1.807) is 67.9 Å². The fourth-order valence-electron chi connectivity index (χ4n) is 4.35. The number of rotatable bonds is 7. The summed E-state index contributed by atoms with van der Waals surface area (Å²) in [7, 11) is 1.59. The largest absolute Gasteiger partial charge is 0.497 e. The van der Waals surface area contributed by atoms with Gasteiger partial charge >= 0.3 is 0 Å². The third-order valence-corrected chi connectivity index (χ3v) is 6.31. The number of anilines is 1. The van der Waals surface area contributed by atoms with E-state index < -0.39 is 6.04 Å². The van der Waals surface area contributed by atoms with Crippen LogP contribution in [0.3, 0.4) is 0 Å². The minimum Gasteiger partial charge on any atom is -0.497 e. The Hall–Kier alpha value is -3.38. The van der Waals surface area contributed by atoms with Crippen molar-refractivity contribution in [1.82, 2.24) is 10.3 Å². The quantitative estimate of drug-likeness (QED) is 0.482. The molecule has 7 heteroatoms. The van der Waals surface area contributed by atoms with Gasteiger partial charge in [0.1, 0.15) is 17.5 Å². The Labute approximate surface area is 204 Å². The van der Waals surface area contributed by atoms with E-state index in [9.17, 15) is 9.59 Å². The Morgan fingerprint density at radius 3 is 2.44 bits per heavy atom. The van der Waals surface area contributed by atoms with Crippen molar-refractivity contribution in [3.8, 4) is 5.75 Å². The molecule has 1 unspecified atom stereocenters. The van der Waals surface area contributed by atoms with Crippen LogP contribution in [0.1, 0.15) is 54.2 Å². The molecular formula is C27H28ClN3O3. The van der Waals surface area contributed by atoms with E-state index in [0.29, 0.717) is 22.0 Å². The van der Waals surface area contributed by atoms with Crippen LogP contribution in [0.25, 0.3) is 0 Å². The highest BCUT2D eigenvalue weighted by molar-refractivity contribution is 6.31. The highest BCUT2D eigenvalue weighted by Crippen LogP contribution is 2.32. The Morgan fingerprint density at radius 1 is 1.03 bits per heavy atom. The van der Waals surface area contributed by atoms with Crippen molar-refractivity contribution in [2.24, 2.45) is 0 Å². The van der Waals surface area contributed by atoms with Gasteiger partial charge in [0, 0.05) is 22.9 Å². The van der Waals surface area contributed by atoms with Crippen LogP contribution in [-0.4, -0.2) is 29.9 Å². The average molecular weight is 478 g/mol. The average Bonchev–Trinajstić information content (AvgIpc) is 2.88. The normalized spacial score (nSPS) is 14.8. The standard InChI is InChI=1S/C27H28ClN3O3/c1-34-23-15-13-19(14-16-23)25(26(32)30-21-9-3-2-4-10-21)31(22-11-7-8-20(28)18-22)27(33)24-12-5-6-17-29-24/h5-8,11-18,21,25H,2-4,9-10H2,1H3,(H,30,32). The van der Waals surface area contributed by atoms with E-state index in [1.807, 2.05) is 12.1 Å². The Kier molecular flexibility index (Phi) is 7.80. The maximum atomic E-state index is 13.8. The molecule has 1 N–H and O–H groups in total. The van der Waals surface area contributed by atoms with Crippen molar-refractivity contribution in [2.75, 3.05) is 12.0 Å². The van der Waals surface area contributed by atoms with Gasteiger partial charge in [-0.25, -0.2) is 0 Å². The van der Waals surface area contributed by atoms with Gasteiger partial charge in [0.05, 0.1) is 7.11 Å². The minimum atomic E-state index is -0.916. The second kappa shape index (κ2) is 11.2. The third kappa shape index (κ3) is 5.57. The van der Waals surface area contributed by atoms with Crippen molar-refractivity contribution in [1.29, 1.82) is 0 Å². The molecule has 4 rings (SSSR count). The van der Waals surface area contributed by atoms with Crippen LogP contribution in [0, 0.1) is 0 Å². The highest BCUT2D eigenvalue weighted by atomic mass is 35.5. The smallest absolute Gasteiger partial charge is 0.277 e. The van der Waals surface area contributed by atoms with Crippen LogP contribution in [0.4, 0.5) is 5.69 Å². The monoisotopic (exact) mass is 477 g/mol. The summed E-state index contributed by atoms with van der Waals surface area (Å²) in [6, 6.07) is 18.5. The van der Waals surface area contributed by atoms with Crippen LogP contribution >= 0.6 is 11.6 Å². The Morgan fingerprint density at radius 2 is 1.79 bits per heavy atom. The molecule has 6 nitrogen and oxygen atoms in total. The lowest BCUT2D eigenvalue weighted by Crippen LogP contribution is -2.47. The zero-order valence-electron chi connectivity index (χ0n) is 19.1. The molecule has 176 valence electrons. The topological polar surface area (TPSA) is 71.5 Å². The van der Waals surface area contributed by atoms with Gasteiger partial charge in [0.25, 0.3) is 5.91 Å². The number of hydrogen-bond acceptors (Lipinski definition) is 4. The summed E-state index contributed by atoms with van der Waals surface area (Å²) >= 11 is 6.29. The number of halogens is 1. The molecule has 1 fully saturated rings. The molecular weight excluding hydrogens is 450 g/mol. The number of nitrogens with zero attached hydrogens (tertiary/aromatic N) is 2. The molecule has 0 bridgehead atoms. The second-order valence-corrected chi connectivity index (χ2v) is 8.83. The fourth-order valence-corrected chi connectivity index (χ4v) is 4.54. The summed E-state index contributed by atoms with van der Waals surface area (Å²) in [5.41, 5.74) is 1.42. The summed E-state index contributed by atoms with van der Waals surface area (Å²) in [4.78, 5) is 33.3. The van der Waals surface area contributed by atoms with Crippen LogP contribution in [-0.2, 0) is 4.79 Å². The van der Waals surface area contributed by atoms with Gasteiger partial charge in [-0.05, 0) is 60.9 Å². The van der Waals surface area contributed by atoms with E-state index in [-0.39, 0.29) is 23.6 Å². The number of nitrogens with one attached hydrogen (secondary N) is 1. The molecule has 1 aliphatic carbocycles. The Bertz CT molecular complexity index is 1120. The second-order valence-electron chi connectivity index (χ2n) is 8.39. The molecule has 1 heterocycles. The first-order chi connectivity index (χ1) is 16.6. The first kappa shape index (κ1) is 23.8. The van der Waals surface area contributed by atoms with E-state index >= 15 is 0 Å². The van der Waals surface area contributed by atoms with Gasteiger partial charge in [-0.3, -0.25) is 19.5 Å². The van der Waals surface area contributed by atoms with Crippen LogP contribution in [0.15, 0.2) is 72.9 Å². The van der Waals surface area contributed by atoms with Gasteiger partial charge in [-0.2, -0.15) is 0 Å². The van der Waals surface area contributed by atoms with Gasteiger partial charge in [-0.15, -0.1) is 0 Å². The van der Waals surface area contributed by atoms with E-state index in [4.69, 9.17) is 16.3 Å². The first-order valence-electron chi connectivity index (χ1n) is 11.5. The number of pyridine rings is 1. The molecule has 1 aromatic heterocycles. The van der Waals surface area contributed by atoms with E-state index in [2.05, 4.69) is 10.3 Å². The molecule has 0 spiro atoms. The van der Waals surface area contributed by atoms with E-state index in [1.165, 1.54) is 11.3 Å². The van der Waals surface area contributed by atoms with E-state index in [0.717, 1.165) is 25.7 Å². The van der Waals surface area contributed by atoms with Gasteiger partial charge in [0.2, 0.25) is 5.91 Å². The fraction of sp³-hybridized carbons (Fsp3) is 0.296. The van der Waals surface area contributed by atoms with Crippen molar-refractivity contribution in [3.63, 3.8) is 0 Å². The molecule has 0 saturated heterocycles. The summed E-state index contributed by atoms with van der Waals surface area (Å²) < 4.78 is 5.30. The SMILES string of the molecule is COc1ccc(C(C(=O)NC2CCCCC2)N(C(=O)c2ccccn2)c2cccc(Cl)c2)cc1. The molecule has 3 aromatic rings. The molecule has 1 aliphatic rings. The maximum Gasteiger partial charge on any atom is 0.277 e. The van der Waals surface area contributed by atoms with Crippen LogP contribution in [0.5, 0.6) is 5.75 Å². The Balaban J connectivity index is 1.80. The molecule has 1 atom stereocenters. The zero-order chi connectivity index (χ0) is 23.9. The third-order valence-electron chi connectivity index (χ3n) is 6.08. The number of methoxy groups -OCH3 is 1. The maximum absolute atomic E-state index is 13.8. The number of benzene rings is 2. The number of aromatic nitrogens is 1. The van der Waals surface area contributed by atoms with Crippen molar-refractivity contribution >= 4 is 29.1 Å². The summed E-state index contributed by atoms with van der Waals surface area (Å²) in [6.07, 6.45) is 6.79. The zero-order valence-corrected chi connectivity index (χ0v) is 19.9. The lowest BCUT2D eigenvalue weighted by molar-refractivity contribution is -0.123.